The number of carbonyl (C=O) groups excluding carboxylic acids is 1. The lowest BCUT2D eigenvalue weighted by Crippen LogP contribution is -2.52. The maximum Gasteiger partial charge on any atom is 0.281 e. The third kappa shape index (κ3) is 4.01. The number of phenolic OH excluding ortho intramolecular Hbond substituents is 1. The van der Waals surface area contributed by atoms with Crippen molar-refractivity contribution in [2.75, 3.05) is 5.73 Å². The van der Waals surface area contributed by atoms with Crippen LogP contribution in [0.2, 0.25) is 0 Å². The minimum Gasteiger partial charge on any atom is -0.508 e. The third-order valence-electron chi connectivity index (χ3n) is 6.49. The highest BCUT2D eigenvalue weighted by atomic mass is 32.2. The fourth-order valence-corrected chi connectivity index (χ4v) is 5.81. The Bertz CT molecular complexity index is 1380. The second-order valence-electron chi connectivity index (χ2n) is 8.95. The Balaban J connectivity index is 1.77. The number of nitrogens with two attached hydrogens (primary N) is 1. The molecule has 0 fully saturated rings. The molecule has 1 amide bonds. The Labute approximate surface area is 199 Å². The number of hydrogen-bond acceptors (Lipinski definition) is 7. The summed E-state index contributed by atoms with van der Waals surface area (Å²) >= 11 is 0. The van der Waals surface area contributed by atoms with Crippen molar-refractivity contribution in [3.05, 3.63) is 81.9 Å². The molecule has 0 saturated heterocycles. The molecule has 2 heterocycles. The van der Waals surface area contributed by atoms with Crippen LogP contribution < -0.4 is 10.5 Å². The zero-order valence-corrected chi connectivity index (χ0v) is 20.4. The van der Waals surface area contributed by atoms with Crippen LogP contribution in [0.4, 0.5) is 5.82 Å². The SMILES string of the molecule is Cc1cc(C)c(CN2Cc3cccc(O)c3C2(C)C(=O)NS(=O)(=O)c2cccc(N)n2)c(C)c1. The van der Waals surface area contributed by atoms with Crippen molar-refractivity contribution < 1.29 is 18.3 Å². The highest BCUT2D eigenvalue weighted by Crippen LogP contribution is 2.45. The van der Waals surface area contributed by atoms with E-state index >= 15 is 0 Å². The molecule has 34 heavy (non-hydrogen) atoms. The average molecular weight is 481 g/mol. The standard InChI is InChI=1S/C25H28N4O4S/c1-15-11-16(2)19(17(3)12-15)14-29-13-18-7-5-8-20(30)23(18)25(29,4)24(31)28-34(32,33)22-10-6-9-21(26)27-22/h5-12,30H,13-14H2,1-4H3,(H2,26,27)(H,28,31). The molecule has 1 aromatic heterocycles. The van der Waals surface area contributed by atoms with Crippen LogP contribution in [-0.4, -0.2) is 29.3 Å². The first-order valence-corrected chi connectivity index (χ1v) is 12.3. The number of anilines is 1. The molecule has 2 aromatic carbocycles. The van der Waals surface area contributed by atoms with Crippen LogP contribution >= 0.6 is 0 Å². The molecule has 3 aromatic rings. The molecule has 8 nitrogen and oxygen atoms in total. The lowest BCUT2D eigenvalue weighted by molar-refractivity contribution is -0.131. The number of hydrogen-bond donors (Lipinski definition) is 3. The highest BCUT2D eigenvalue weighted by Gasteiger charge is 2.50. The van der Waals surface area contributed by atoms with Crippen LogP contribution in [0.15, 0.2) is 53.6 Å². The summed E-state index contributed by atoms with van der Waals surface area (Å²) in [7, 11) is -4.29. The summed E-state index contributed by atoms with van der Waals surface area (Å²) in [6.07, 6.45) is 0. The average Bonchev–Trinajstić information content (AvgIpc) is 3.04. The van der Waals surface area contributed by atoms with E-state index in [1.807, 2.05) is 31.7 Å². The lowest BCUT2D eigenvalue weighted by Gasteiger charge is -2.35. The number of amides is 1. The van der Waals surface area contributed by atoms with Gasteiger partial charge in [0.1, 0.15) is 17.1 Å². The van der Waals surface area contributed by atoms with E-state index in [1.54, 1.807) is 13.0 Å². The van der Waals surface area contributed by atoms with Crippen LogP contribution in [0.25, 0.3) is 0 Å². The smallest absolute Gasteiger partial charge is 0.281 e. The number of nitrogen functional groups attached to an aromatic ring is 1. The molecule has 1 aliphatic heterocycles. The van der Waals surface area contributed by atoms with E-state index in [4.69, 9.17) is 5.73 Å². The second-order valence-corrected chi connectivity index (χ2v) is 10.6. The number of benzene rings is 2. The zero-order chi connectivity index (χ0) is 24.8. The number of aryl methyl sites for hydroxylation is 3. The quantitative estimate of drug-likeness (QED) is 0.512. The third-order valence-corrected chi connectivity index (χ3v) is 7.72. The number of fused-ring (bicyclic) bond motifs is 1. The molecule has 0 aliphatic carbocycles. The molecule has 4 N–H and O–H groups in total. The van der Waals surface area contributed by atoms with Gasteiger partial charge in [0, 0.05) is 18.7 Å². The van der Waals surface area contributed by atoms with E-state index in [0.29, 0.717) is 18.7 Å². The summed E-state index contributed by atoms with van der Waals surface area (Å²) in [5.41, 5.74) is 9.70. The topological polar surface area (TPSA) is 126 Å². The number of nitrogens with one attached hydrogen (secondary N) is 1. The van der Waals surface area contributed by atoms with Crippen LogP contribution in [-0.2, 0) is 33.4 Å². The zero-order valence-electron chi connectivity index (χ0n) is 19.6. The second kappa shape index (κ2) is 8.41. The van der Waals surface area contributed by atoms with Gasteiger partial charge in [-0.3, -0.25) is 9.69 Å². The number of pyridine rings is 1. The highest BCUT2D eigenvalue weighted by molar-refractivity contribution is 7.90. The van der Waals surface area contributed by atoms with Gasteiger partial charge < -0.3 is 10.8 Å². The number of rotatable bonds is 5. The first-order chi connectivity index (χ1) is 15.9. The number of nitrogens with zero attached hydrogens (tertiary/aromatic N) is 2. The first kappa shape index (κ1) is 23.7. The molecule has 1 unspecified atom stereocenters. The maximum atomic E-state index is 13.7. The van der Waals surface area contributed by atoms with Gasteiger partial charge in [-0.05, 0) is 68.1 Å². The molecule has 9 heteroatoms. The fraction of sp³-hybridized carbons (Fsp3) is 0.280. The minimum atomic E-state index is -4.29. The van der Waals surface area contributed by atoms with Gasteiger partial charge in [-0.1, -0.05) is 35.9 Å². The van der Waals surface area contributed by atoms with E-state index in [-0.39, 0.29) is 16.6 Å². The van der Waals surface area contributed by atoms with Gasteiger partial charge in [-0.2, -0.15) is 8.42 Å². The molecule has 0 radical (unpaired) electrons. The molecule has 4 rings (SSSR count). The summed E-state index contributed by atoms with van der Waals surface area (Å²) in [6, 6.07) is 13.4. The molecule has 0 bridgehead atoms. The van der Waals surface area contributed by atoms with Gasteiger partial charge in [-0.15, -0.1) is 0 Å². The van der Waals surface area contributed by atoms with Crippen molar-refractivity contribution in [1.82, 2.24) is 14.6 Å². The normalized spacial score (nSPS) is 18.0. The first-order valence-electron chi connectivity index (χ1n) is 10.9. The molecule has 178 valence electrons. The van der Waals surface area contributed by atoms with Crippen molar-refractivity contribution in [2.24, 2.45) is 0 Å². The van der Waals surface area contributed by atoms with Gasteiger partial charge in [0.2, 0.25) is 0 Å². The Morgan fingerprint density at radius 2 is 1.79 bits per heavy atom. The summed E-state index contributed by atoms with van der Waals surface area (Å²) in [4.78, 5) is 19.4. The lowest BCUT2D eigenvalue weighted by atomic mass is 9.89. The van der Waals surface area contributed by atoms with Gasteiger partial charge in [0.25, 0.3) is 15.9 Å². The van der Waals surface area contributed by atoms with Gasteiger partial charge in [0.15, 0.2) is 5.03 Å². The Kier molecular flexibility index (Phi) is 5.87. The van der Waals surface area contributed by atoms with Crippen molar-refractivity contribution in [1.29, 1.82) is 0 Å². The molecule has 0 spiro atoms. The van der Waals surface area contributed by atoms with E-state index in [9.17, 15) is 18.3 Å². The molecular weight excluding hydrogens is 452 g/mol. The molecular formula is C25H28N4O4S. The fourth-order valence-electron chi connectivity index (χ4n) is 4.78. The number of aromatic hydroxyl groups is 1. The summed E-state index contributed by atoms with van der Waals surface area (Å²) in [5, 5.41) is 10.4. The Morgan fingerprint density at radius 1 is 1.15 bits per heavy atom. The van der Waals surface area contributed by atoms with Crippen LogP contribution in [0.5, 0.6) is 5.75 Å². The number of phenols is 1. The minimum absolute atomic E-state index is 0.0253. The predicted molar refractivity (Wildman–Crippen MR) is 129 cm³/mol. The molecule has 1 aliphatic rings. The summed E-state index contributed by atoms with van der Waals surface area (Å²) in [6.45, 7) is 8.46. The number of carbonyl (C=O) groups is 1. The van der Waals surface area contributed by atoms with Gasteiger partial charge in [0.05, 0.1) is 0 Å². The largest absolute Gasteiger partial charge is 0.508 e. The maximum absolute atomic E-state index is 13.7. The summed E-state index contributed by atoms with van der Waals surface area (Å²) in [5.74, 6) is -0.814. The number of sulfonamides is 1. The molecule has 1 atom stereocenters. The van der Waals surface area contributed by atoms with Crippen molar-refractivity contribution in [3.63, 3.8) is 0 Å². The van der Waals surface area contributed by atoms with Gasteiger partial charge in [-0.25, -0.2) is 9.71 Å². The van der Waals surface area contributed by atoms with Crippen LogP contribution in [0, 0.1) is 20.8 Å². The Hall–Kier alpha value is -3.43. The van der Waals surface area contributed by atoms with E-state index in [1.165, 1.54) is 24.3 Å². The van der Waals surface area contributed by atoms with Crippen LogP contribution in [0.3, 0.4) is 0 Å². The van der Waals surface area contributed by atoms with Crippen LogP contribution in [0.1, 0.15) is 40.3 Å². The van der Waals surface area contributed by atoms with E-state index in [2.05, 4.69) is 21.8 Å². The van der Waals surface area contributed by atoms with E-state index in [0.717, 1.165) is 27.8 Å². The van der Waals surface area contributed by atoms with E-state index < -0.39 is 21.5 Å². The van der Waals surface area contributed by atoms with Gasteiger partial charge >= 0.3 is 0 Å². The van der Waals surface area contributed by atoms with Crippen molar-refractivity contribution >= 4 is 21.7 Å². The predicted octanol–water partition coefficient (Wildman–Crippen LogP) is 3.03. The Morgan fingerprint density at radius 3 is 2.44 bits per heavy atom. The monoisotopic (exact) mass is 480 g/mol. The van der Waals surface area contributed by atoms with Crippen molar-refractivity contribution in [2.45, 2.75) is 51.3 Å². The summed E-state index contributed by atoms with van der Waals surface area (Å²) < 4.78 is 28.1. The van der Waals surface area contributed by atoms with Crippen molar-refractivity contribution in [3.8, 4) is 5.75 Å². The molecule has 0 saturated carbocycles. The number of aromatic nitrogens is 1.